The molecule has 268 valence electrons. The summed E-state index contributed by atoms with van der Waals surface area (Å²) in [4.78, 5) is 12.5. The minimum absolute atomic E-state index is 0.271. The Labute approximate surface area is 284 Å². The van der Waals surface area contributed by atoms with Crippen LogP contribution in [0.4, 0.5) is 0 Å². The number of hydrogen-bond donors (Lipinski definition) is 3. The quantitative estimate of drug-likeness (QED) is 0.0368. The van der Waals surface area contributed by atoms with E-state index in [0.717, 1.165) is 51.4 Å². The van der Waals surface area contributed by atoms with Crippen molar-refractivity contribution in [3.05, 3.63) is 48.6 Å². The van der Waals surface area contributed by atoms with Crippen LogP contribution >= 0.6 is 0 Å². The third-order valence-electron chi connectivity index (χ3n) is 8.23. The average Bonchev–Trinajstić information content (AvgIpc) is 3.01. The van der Waals surface area contributed by atoms with Crippen LogP contribution in [-0.2, 0) is 14.9 Å². The van der Waals surface area contributed by atoms with Gasteiger partial charge < -0.3 is 10.4 Å². The topological polar surface area (TPSA) is 104 Å². The summed E-state index contributed by atoms with van der Waals surface area (Å²) in [7, 11) is -4.35. The molecule has 0 spiro atoms. The number of rotatable bonds is 33. The minimum Gasteiger partial charge on any atom is -0.387 e. The van der Waals surface area contributed by atoms with Gasteiger partial charge in [-0.1, -0.05) is 152 Å². The van der Waals surface area contributed by atoms with Crippen molar-refractivity contribution in [1.82, 2.24) is 5.32 Å². The van der Waals surface area contributed by atoms with E-state index in [2.05, 4.69) is 55.6 Å². The number of carbonyl (C=O) groups is 1. The number of hydrogen-bond acceptors (Lipinski definition) is 4. The molecule has 3 N–H and O–H groups in total. The van der Waals surface area contributed by atoms with Gasteiger partial charge in [-0.2, -0.15) is 8.42 Å². The molecule has 0 fully saturated rings. The maximum absolute atomic E-state index is 12.5. The maximum Gasteiger partial charge on any atom is 0.267 e. The van der Waals surface area contributed by atoms with Gasteiger partial charge in [0.15, 0.2) is 0 Å². The monoisotopic (exact) mass is 666 g/mol. The van der Waals surface area contributed by atoms with Gasteiger partial charge in [-0.05, 0) is 64.2 Å². The first-order valence-electron chi connectivity index (χ1n) is 18.8. The molecule has 2 atom stereocenters. The van der Waals surface area contributed by atoms with Crippen molar-refractivity contribution in [2.45, 2.75) is 187 Å². The zero-order chi connectivity index (χ0) is 34.0. The Hall–Kier alpha value is -1.70. The van der Waals surface area contributed by atoms with Crippen molar-refractivity contribution in [3.8, 4) is 0 Å². The molecule has 0 heterocycles. The minimum atomic E-state index is -4.35. The van der Waals surface area contributed by atoms with Gasteiger partial charge in [0.05, 0.1) is 17.9 Å². The van der Waals surface area contributed by atoms with Crippen LogP contribution in [0.2, 0.25) is 0 Å². The van der Waals surface area contributed by atoms with E-state index in [9.17, 15) is 22.9 Å². The lowest BCUT2D eigenvalue weighted by Gasteiger charge is -2.21. The Morgan fingerprint density at radius 1 is 0.587 bits per heavy atom. The molecule has 0 bridgehead atoms. The third-order valence-corrected chi connectivity index (χ3v) is 9.01. The lowest BCUT2D eigenvalue weighted by atomic mass is 10.1. The molecule has 46 heavy (non-hydrogen) atoms. The fraction of sp³-hybridized carbons (Fsp3) is 0.769. The van der Waals surface area contributed by atoms with Crippen LogP contribution in [0.25, 0.3) is 0 Å². The van der Waals surface area contributed by atoms with E-state index >= 15 is 0 Å². The molecular weight excluding hydrogens is 594 g/mol. The van der Waals surface area contributed by atoms with E-state index in [-0.39, 0.29) is 12.3 Å². The molecule has 0 aromatic carbocycles. The highest BCUT2D eigenvalue weighted by molar-refractivity contribution is 7.85. The summed E-state index contributed by atoms with van der Waals surface area (Å²) >= 11 is 0. The SMILES string of the molecule is CCCCCC/C=C\C/C=C\CCCCCCCC(=O)NC(CS(=O)(=O)O)C(O)/C=C/CC/C=C/CCCCCCCCCCC. The van der Waals surface area contributed by atoms with Gasteiger partial charge >= 0.3 is 0 Å². The molecular formula is C39H71NO5S. The summed E-state index contributed by atoms with van der Waals surface area (Å²) < 4.78 is 32.4. The first-order valence-corrected chi connectivity index (χ1v) is 20.4. The lowest BCUT2D eigenvalue weighted by molar-refractivity contribution is -0.122. The second-order valence-corrected chi connectivity index (χ2v) is 14.3. The molecule has 0 aromatic rings. The number of aliphatic hydroxyl groups is 1. The first kappa shape index (κ1) is 44.3. The molecule has 7 heteroatoms. The first-order chi connectivity index (χ1) is 22.3. The number of nitrogens with one attached hydrogen (secondary N) is 1. The molecule has 6 nitrogen and oxygen atoms in total. The second-order valence-electron chi connectivity index (χ2n) is 12.8. The largest absolute Gasteiger partial charge is 0.387 e. The zero-order valence-electron chi connectivity index (χ0n) is 29.7. The summed E-state index contributed by atoms with van der Waals surface area (Å²) in [5.41, 5.74) is 0. The fourth-order valence-corrected chi connectivity index (χ4v) is 6.11. The molecule has 0 rings (SSSR count). The van der Waals surface area contributed by atoms with Crippen LogP contribution in [0.15, 0.2) is 48.6 Å². The highest BCUT2D eigenvalue weighted by atomic mass is 32.2. The van der Waals surface area contributed by atoms with E-state index in [1.54, 1.807) is 6.08 Å². The average molecular weight is 666 g/mol. The molecule has 2 unspecified atom stereocenters. The highest BCUT2D eigenvalue weighted by Gasteiger charge is 2.24. The van der Waals surface area contributed by atoms with Crippen molar-refractivity contribution in [2.75, 3.05) is 5.75 Å². The lowest BCUT2D eigenvalue weighted by Crippen LogP contribution is -2.46. The van der Waals surface area contributed by atoms with E-state index in [0.29, 0.717) is 12.8 Å². The van der Waals surface area contributed by atoms with Gasteiger partial charge in [-0.15, -0.1) is 0 Å². The normalized spacial score (nSPS) is 13.9. The Kier molecular flexibility index (Phi) is 32.0. The second kappa shape index (κ2) is 33.2. The number of aliphatic hydroxyl groups excluding tert-OH is 1. The number of unbranched alkanes of at least 4 members (excludes halogenated alkanes) is 19. The summed E-state index contributed by atoms with van der Waals surface area (Å²) in [6, 6.07) is -1.08. The molecule has 0 aliphatic rings. The number of carbonyl (C=O) groups excluding carboxylic acids is 1. The molecule has 0 aromatic heterocycles. The van der Waals surface area contributed by atoms with Crippen LogP contribution in [0.5, 0.6) is 0 Å². The Bertz CT molecular complexity index is 909. The van der Waals surface area contributed by atoms with Crippen LogP contribution in [0, 0.1) is 0 Å². The van der Waals surface area contributed by atoms with Crippen molar-refractivity contribution in [3.63, 3.8) is 0 Å². The maximum atomic E-state index is 12.5. The molecule has 0 aliphatic heterocycles. The van der Waals surface area contributed by atoms with Gasteiger partial charge in [-0.3, -0.25) is 9.35 Å². The van der Waals surface area contributed by atoms with E-state index < -0.39 is 28.0 Å². The van der Waals surface area contributed by atoms with Crippen molar-refractivity contribution in [2.24, 2.45) is 0 Å². The van der Waals surface area contributed by atoms with Crippen molar-refractivity contribution >= 4 is 16.0 Å². The van der Waals surface area contributed by atoms with Gasteiger partial charge in [0, 0.05) is 6.42 Å². The third kappa shape index (κ3) is 33.7. The van der Waals surface area contributed by atoms with Gasteiger partial charge in [0.1, 0.15) is 0 Å². The van der Waals surface area contributed by atoms with E-state index in [1.165, 1.54) is 96.0 Å². The molecule has 1 amide bonds. The molecule has 0 aliphatic carbocycles. The summed E-state index contributed by atoms with van der Waals surface area (Å²) in [6.45, 7) is 4.48. The predicted molar refractivity (Wildman–Crippen MR) is 198 cm³/mol. The van der Waals surface area contributed by atoms with Crippen LogP contribution in [0.3, 0.4) is 0 Å². The summed E-state index contributed by atoms with van der Waals surface area (Å²) in [5, 5.41) is 13.2. The van der Waals surface area contributed by atoms with E-state index in [4.69, 9.17) is 0 Å². The van der Waals surface area contributed by atoms with Gasteiger partial charge in [0.25, 0.3) is 10.1 Å². The smallest absolute Gasteiger partial charge is 0.267 e. The Morgan fingerprint density at radius 2 is 1.00 bits per heavy atom. The van der Waals surface area contributed by atoms with Crippen molar-refractivity contribution in [1.29, 1.82) is 0 Å². The molecule has 0 radical (unpaired) electrons. The van der Waals surface area contributed by atoms with Crippen LogP contribution in [-0.4, -0.2) is 41.9 Å². The van der Waals surface area contributed by atoms with Gasteiger partial charge in [0.2, 0.25) is 5.91 Å². The number of amides is 1. The Balaban J connectivity index is 4.07. The predicted octanol–water partition coefficient (Wildman–Crippen LogP) is 10.7. The van der Waals surface area contributed by atoms with Gasteiger partial charge in [-0.25, -0.2) is 0 Å². The molecule has 0 saturated carbocycles. The van der Waals surface area contributed by atoms with Crippen LogP contribution < -0.4 is 5.32 Å². The summed E-state index contributed by atoms with van der Waals surface area (Å²) in [5.74, 6) is -1.02. The van der Waals surface area contributed by atoms with E-state index in [1.807, 2.05) is 0 Å². The Morgan fingerprint density at radius 3 is 1.52 bits per heavy atom. The van der Waals surface area contributed by atoms with Crippen LogP contribution in [0.1, 0.15) is 174 Å². The summed E-state index contributed by atoms with van der Waals surface area (Å²) in [6.07, 6.45) is 43.7. The standard InChI is InChI=1S/C39H71NO5S/c1-3-5-7-9-11-13-15-17-19-21-23-25-27-29-31-33-35-39(42)40-37(36-46(43,44)45)38(41)34-32-30-28-26-24-22-20-18-16-14-12-10-8-6-4-2/h13,15,19,21,24,26,32,34,37-38,41H,3-12,14,16-18,20,22-23,25,27-31,33,35-36H2,1-2H3,(H,40,42)(H,43,44,45)/b15-13-,21-19-,26-24+,34-32+. The fourth-order valence-electron chi connectivity index (χ4n) is 5.38. The highest BCUT2D eigenvalue weighted by Crippen LogP contribution is 2.12. The zero-order valence-corrected chi connectivity index (χ0v) is 30.5. The van der Waals surface area contributed by atoms with Crippen molar-refractivity contribution < 1.29 is 22.9 Å². The molecule has 0 saturated heterocycles. The number of allylic oxidation sites excluding steroid dienone is 7.